The molecule has 0 aromatic rings. The zero-order chi connectivity index (χ0) is 27.8. The fraction of sp³-hybridized carbons (Fsp3) is 0.972. The Morgan fingerprint density at radius 2 is 0.641 bits per heavy atom. The van der Waals surface area contributed by atoms with Gasteiger partial charge in [-0.2, -0.15) is 0 Å². The van der Waals surface area contributed by atoms with Gasteiger partial charge in [-0.15, -0.1) is 0 Å². The third-order valence-electron chi connectivity index (χ3n) is 10.4. The molecule has 0 radical (unpaired) electrons. The highest BCUT2D eigenvalue weighted by molar-refractivity contribution is 5.61. The van der Waals surface area contributed by atoms with Gasteiger partial charge in [-0.05, 0) is 77.0 Å². The lowest BCUT2D eigenvalue weighted by atomic mass is 9.60. The van der Waals surface area contributed by atoms with Gasteiger partial charge < -0.3 is 9.47 Å². The molecule has 0 atom stereocenters. The van der Waals surface area contributed by atoms with Crippen LogP contribution in [0.5, 0.6) is 0 Å². The highest BCUT2D eigenvalue weighted by Crippen LogP contribution is 2.51. The van der Waals surface area contributed by atoms with Crippen molar-refractivity contribution in [2.75, 3.05) is 0 Å². The van der Waals surface area contributed by atoms with Gasteiger partial charge in [-0.1, -0.05) is 135 Å². The lowest BCUT2D eigenvalue weighted by Crippen LogP contribution is -2.55. The molecule has 0 heterocycles. The molecular weight excluding hydrogens is 480 g/mol. The molecule has 3 aliphatic rings. The maximum absolute atomic E-state index is 13.8. The van der Waals surface area contributed by atoms with Gasteiger partial charge >= 0.3 is 6.16 Å². The third kappa shape index (κ3) is 11.6. The standard InChI is InChI=1S/C36H66O3/c1-35(2,3)38-34(37)39-36(31-25-19-13-7-4-8-14-20-26-31,32-27-21-15-9-5-10-16-22-28-32)33-29-23-17-11-6-12-18-24-30-33/h31-33H,4-30H2,1-3H3. The van der Waals surface area contributed by atoms with E-state index in [1.165, 1.54) is 173 Å². The van der Waals surface area contributed by atoms with Crippen molar-refractivity contribution >= 4 is 6.16 Å². The Bertz CT molecular complexity index is 556. The predicted molar refractivity (Wildman–Crippen MR) is 165 cm³/mol. The molecule has 0 N–H and O–H groups in total. The van der Waals surface area contributed by atoms with E-state index < -0.39 is 5.60 Å². The lowest BCUT2D eigenvalue weighted by Gasteiger charge is -2.51. The van der Waals surface area contributed by atoms with Crippen molar-refractivity contribution in [3.63, 3.8) is 0 Å². The van der Waals surface area contributed by atoms with Crippen LogP contribution in [0.2, 0.25) is 0 Å². The van der Waals surface area contributed by atoms with Gasteiger partial charge in [0.05, 0.1) is 0 Å². The normalized spacial score (nSPS) is 24.4. The van der Waals surface area contributed by atoms with E-state index in [9.17, 15) is 4.79 Å². The first-order chi connectivity index (χ1) is 18.9. The second kappa shape index (κ2) is 17.9. The van der Waals surface area contributed by atoms with E-state index in [4.69, 9.17) is 9.47 Å². The number of rotatable bonds is 4. The van der Waals surface area contributed by atoms with E-state index in [0.717, 1.165) is 0 Å². The minimum absolute atomic E-state index is 0.361. The van der Waals surface area contributed by atoms with Gasteiger partial charge in [-0.25, -0.2) is 4.79 Å². The summed E-state index contributed by atoms with van der Waals surface area (Å²) in [5.41, 5.74) is -0.883. The van der Waals surface area contributed by atoms with Crippen molar-refractivity contribution in [3.05, 3.63) is 0 Å². The van der Waals surface area contributed by atoms with E-state index in [1.807, 2.05) is 20.8 Å². The molecule has 0 saturated heterocycles. The van der Waals surface area contributed by atoms with Crippen LogP contribution in [0.4, 0.5) is 4.79 Å². The molecule has 3 saturated carbocycles. The first-order valence-corrected chi connectivity index (χ1v) is 17.8. The molecule has 0 aromatic heterocycles. The Balaban J connectivity index is 2.05. The molecule has 0 spiro atoms. The van der Waals surface area contributed by atoms with E-state index in [0.29, 0.717) is 17.8 Å². The average Bonchev–Trinajstić information content (AvgIpc) is 2.91. The first kappa shape index (κ1) is 32.8. The molecule has 0 amide bonds. The second-order valence-electron chi connectivity index (χ2n) is 14.7. The van der Waals surface area contributed by atoms with Gasteiger partial charge in [0, 0.05) is 0 Å². The van der Waals surface area contributed by atoms with E-state index in [2.05, 4.69) is 0 Å². The quantitative estimate of drug-likeness (QED) is 0.329. The van der Waals surface area contributed by atoms with Crippen LogP contribution in [0.3, 0.4) is 0 Å². The van der Waals surface area contributed by atoms with Crippen LogP contribution in [-0.4, -0.2) is 17.4 Å². The zero-order valence-electron chi connectivity index (χ0n) is 26.5. The van der Waals surface area contributed by atoms with Crippen LogP contribution < -0.4 is 0 Å². The van der Waals surface area contributed by atoms with Gasteiger partial charge in [0.1, 0.15) is 11.2 Å². The predicted octanol–water partition coefficient (Wildman–Crippen LogP) is 12.1. The molecule has 3 aliphatic carbocycles. The van der Waals surface area contributed by atoms with E-state index in [-0.39, 0.29) is 11.8 Å². The van der Waals surface area contributed by atoms with Crippen molar-refractivity contribution in [1.82, 2.24) is 0 Å². The molecule has 3 fully saturated rings. The Morgan fingerprint density at radius 3 is 0.872 bits per heavy atom. The number of carbonyl (C=O) groups excluding carboxylic acids is 1. The summed E-state index contributed by atoms with van der Waals surface area (Å²) in [4.78, 5) is 13.8. The van der Waals surface area contributed by atoms with Crippen LogP contribution in [0.1, 0.15) is 194 Å². The maximum Gasteiger partial charge on any atom is 0.509 e. The summed E-state index contributed by atoms with van der Waals surface area (Å²) < 4.78 is 13.1. The Morgan fingerprint density at radius 1 is 0.410 bits per heavy atom. The van der Waals surface area contributed by atoms with Crippen LogP contribution in [-0.2, 0) is 9.47 Å². The van der Waals surface area contributed by atoms with Crippen molar-refractivity contribution in [3.8, 4) is 0 Å². The van der Waals surface area contributed by atoms with Gasteiger partial charge in [0.15, 0.2) is 0 Å². The topological polar surface area (TPSA) is 35.5 Å². The molecule has 0 unspecified atom stereocenters. The van der Waals surface area contributed by atoms with E-state index in [1.54, 1.807) is 0 Å². The Hall–Kier alpha value is -0.730. The molecule has 3 heteroatoms. The van der Waals surface area contributed by atoms with Crippen LogP contribution in [0.15, 0.2) is 0 Å². The number of hydrogen-bond donors (Lipinski definition) is 0. The number of hydrogen-bond acceptors (Lipinski definition) is 3. The second-order valence-corrected chi connectivity index (χ2v) is 14.7. The molecule has 0 aliphatic heterocycles. The SMILES string of the molecule is CC(C)(C)OC(=O)OC(C1CCCCCCCCC1)(C1CCCCCCCCC1)C1CCCCCCCCC1. The number of carbonyl (C=O) groups is 1. The lowest BCUT2D eigenvalue weighted by molar-refractivity contribution is -0.162. The summed E-state index contributed by atoms with van der Waals surface area (Å²) in [5.74, 6) is 1.43. The molecule has 228 valence electrons. The van der Waals surface area contributed by atoms with Gasteiger partial charge in [0.25, 0.3) is 0 Å². The molecule has 39 heavy (non-hydrogen) atoms. The maximum atomic E-state index is 13.8. The summed E-state index contributed by atoms with van der Waals surface area (Å²) in [6.45, 7) is 5.98. The average molecular weight is 547 g/mol. The summed E-state index contributed by atoms with van der Waals surface area (Å²) in [7, 11) is 0. The number of ether oxygens (including phenoxy) is 2. The largest absolute Gasteiger partial charge is 0.509 e. The third-order valence-corrected chi connectivity index (χ3v) is 10.4. The van der Waals surface area contributed by atoms with Crippen LogP contribution >= 0.6 is 0 Å². The van der Waals surface area contributed by atoms with Crippen molar-refractivity contribution in [1.29, 1.82) is 0 Å². The fourth-order valence-corrected chi connectivity index (χ4v) is 8.45. The van der Waals surface area contributed by atoms with Crippen molar-refractivity contribution in [2.45, 2.75) is 205 Å². The van der Waals surface area contributed by atoms with Gasteiger partial charge in [0.2, 0.25) is 0 Å². The monoisotopic (exact) mass is 547 g/mol. The highest BCUT2D eigenvalue weighted by atomic mass is 16.7. The van der Waals surface area contributed by atoms with Crippen LogP contribution in [0, 0.1) is 17.8 Å². The summed E-state index contributed by atoms with van der Waals surface area (Å²) in [6.07, 6.45) is 35.3. The highest BCUT2D eigenvalue weighted by Gasteiger charge is 2.53. The summed E-state index contributed by atoms with van der Waals surface area (Å²) in [6, 6.07) is 0. The fourth-order valence-electron chi connectivity index (χ4n) is 8.45. The Kier molecular flexibility index (Phi) is 15.1. The van der Waals surface area contributed by atoms with Crippen LogP contribution in [0.25, 0.3) is 0 Å². The molecule has 3 rings (SSSR count). The van der Waals surface area contributed by atoms with Crippen molar-refractivity contribution in [2.24, 2.45) is 17.8 Å². The summed E-state index contributed by atoms with van der Waals surface area (Å²) >= 11 is 0. The van der Waals surface area contributed by atoms with Crippen molar-refractivity contribution < 1.29 is 14.3 Å². The minimum Gasteiger partial charge on any atom is -0.429 e. The first-order valence-electron chi connectivity index (χ1n) is 17.8. The molecule has 0 aromatic carbocycles. The van der Waals surface area contributed by atoms with Gasteiger partial charge in [-0.3, -0.25) is 0 Å². The Labute approximate surface area is 243 Å². The zero-order valence-corrected chi connectivity index (χ0v) is 26.5. The molecular formula is C36H66O3. The summed E-state index contributed by atoms with van der Waals surface area (Å²) in [5, 5.41) is 0. The molecule has 3 nitrogen and oxygen atoms in total. The van der Waals surface area contributed by atoms with E-state index >= 15 is 0 Å². The molecule has 0 bridgehead atoms. The minimum atomic E-state index is -0.522. The smallest absolute Gasteiger partial charge is 0.429 e.